The van der Waals surface area contributed by atoms with Crippen LogP contribution in [0.1, 0.15) is 5.56 Å². The third kappa shape index (κ3) is 2.71. The Balaban J connectivity index is 2.80. The van der Waals surface area contributed by atoms with Gasteiger partial charge in [-0.15, -0.1) is 0 Å². The first kappa shape index (κ1) is 9.45. The summed E-state index contributed by atoms with van der Waals surface area (Å²) in [5, 5.41) is 0. The first-order valence-electron chi connectivity index (χ1n) is 3.91. The quantitative estimate of drug-likeness (QED) is 0.511. The Hall–Kier alpha value is -1.64. The van der Waals surface area contributed by atoms with Crippen molar-refractivity contribution < 1.29 is 9.53 Å². The number of aliphatic imine (C=N–C) groups is 1. The molecule has 0 spiro atoms. The molecule has 1 aromatic carbocycles. The smallest absolute Gasteiger partial charge is 0.349 e. The van der Waals surface area contributed by atoms with E-state index in [1.807, 2.05) is 31.2 Å². The Bertz CT molecular complexity index is 331. The van der Waals surface area contributed by atoms with E-state index in [1.54, 1.807) is 0 Å². The number of aryl methyl sites for hydroxylation is 1. The lowest BCUT2D eigenvalue weighted by Gasteiger charge is -1.96. The van der Waals surface area contributed by atoms with Crippen molar-refractivity contribution in [1.29, 1.82) is 0 Å². The molecule has 0 heterocycles. The van der Waals surface area contributed by atoms with Gasteiger partial charge < -0.3 is 4.74 Å². The number of benzene rings is 1. The number of methoxy groups -OCH3 is 1. The molecular weight excluding hydrogens is 166 g/mol. The molecule has 0 aliphatic rings. The van der Waals surface area contributed by atoms with Crippen LogP contribution in [0.25, 0.3) is 0 Å². The van der Waals surface area contributed by atoms with Gasteiger partial charge in [0.1, 0.15) is 6.21 Å². The van der Waals surface area contributed by atoms with Crippen molar-refractivity contribution in [2.45, 2.75) is 6.92 Å². The number of hydrogen-bond acceptors (Lipinski definition) is 3. The van der Waals surface area contributed by atoms with Crippen molar-refractivity contribution in [3.05, 3.63) is 29.8 Å². The third-order valence-electron chi connectivity index (χ3n) is 1.63. The molecule has 0 N–H and O–H groups in total. The predicted octanol–water partition coefficient (Wildman–Crippen LogP) is 1.87. The predicted molar refractivity (Wildman–Crippen MR) is 51.3 cm³/mol. The fourth-order valence-electron chi connectivity index (χ4n) is 0.883. The zero-order chi connectivity index (χ0) is 9.68. The highest BCUT2D eigenvalue weighted by atomic mass is 16.5. The van der Waals surface area contributed by atoms with Gasteiger partial charge >= 0.3 is 5.97 Å². The molecular formula is C10H11NO2. The standard InChI is InChI=1S/C10H11NO2/c1-8-5-3-4-6-9(8)11-7-10(12)13-2/h3-7H,1-2H3. The largest absolute Gasteiger partial charge is 0.465 e. The zero-order valence-corrected chi connectivity index (χ0v) is 7.65. The molecule has 3 nitrogen and oxygen atoms in total. The number of hydrogen-bond donors (Lipinski definition) is 0. The van der Waals surface area contributed by atoms with Gasteiger partial charge in [0.2, 0.25) is 0 Å². The minimum absolute atomic E-state index is 0.441. The number of carbonyl (C=O) groups is 1. The normalized spacial score (nSPS) is 10.3. The fourth-order valence-corrected chi connectivity index (χ4v) is 0.883. The molecule has 0 radical (unpaired) electrons. The number of esters is 1. The second kappa shape index (κ2) is 4.40. The average Bonchev–Trinajstić information content (AvgIpc) is 2.16. The van der Waals surface area contributed by atoms with Gasteiger partial charge in [-0.05, 0) is 18.6 Å². The molecule has 0 unspecified atom stereocenters. The Morgan fingerprint density at radius 1 is 1.46 bits per heavy atom. The van der Waals surface area contributed by atoms with E-state index in [1.165, 1.54) is 13.3 Å². The van der Waals surface area contributed by atoms with E-state index < -0.39 is 5.97 Å². The summed E-state index contributed by atoms with van der Waals surface area (Å²) in [6, 6.07) is 7.57. The lowest BCUT2D eigenvalue weighted by molar-refractivity contribution is -0.132. The Kier molecular flexibility index (Phi) is 3.20. The van der Waals surface area contributed by atoms with Crippen LogP contribution < -0.4 is 0 Å². The maximum Gasteiger partial charge on any atom is 0.349 e. The van der Waals surface area contributed by atoms with Gasteiger partial charge in [0, 0.05) is 0 Å². The van der Waals surface area contributed by atoms with Gasteiger partial charge in [0.25, 0.3) is 0 Å². The first-order valence-corrected chi connectivity index (χ1v) is 3.91. The SMILES string of the molecule is COC(=O)C=Nc1ccccc1C. The molecule has 3 heteroatoms. The van der Waals surface area contributed by atoms with E-state index in [4.69, 9.17) is 0 Å². The summed E-state index contributed by atoms with van der Waals surface area (Å²) in [5.41, 5.74) is 1.82. The van der Waals surface area contributed by atoms with E-state index in [-0.39, 0.29) is 0 Å². The van der Waals surface area contributed by atoms with Gasteiger partial charge in [0.05, 0.1) is 12.8 Å². The molecule has 1 rings (SSSR count). The molecule has 68 valence electrons. The highest BCUT2D eigenvalue weighted by Crippen LogP contribution is 2.15. The van der Waals surface area contributed by atoms with Crippen LogP contribution in [-0.4, -0.2) is 19.3 Å². The first-order chi connectivity index (χ1) is 6.24. The van der Waals surface area contributed by atoms with Gasteiger partial charge in [-0.3, -0.25) is 0 Å². The Labute approximate surface area is 77.1 Å². The van der Waals surface area contributed by atoms with Gasteiger partial charge in [-0.2, -0.15) is 0 Å². The molecule has 0 aromatic heterocycles. The minimum Gasteiger partial charge on any atom is -0.465 e. The molecule has 0 bridgehead atoms. The molecule has 0 atom stereocenters. The van der Waals surface area contributed by atoms with Crippen molar-refractivity contribution in [2.24, 2.45) is 4.99 Å². The molecule has 13 heavy (non-hydrogen) atoms. The Morgan fingerprint density at radius 2 is 2.15 bits per heavy atom. The van der Waals surface area contributed by atoms with Gasteiger partial charge in [-0.25, -0.2) is 9.79 Å². The topological polar surface area (TPSA) is 38.7 Å². The van der Waals surface area contributed by atoms with Crippen LogP contribution >= 0.6 is 0 Å². The summed E-state index contributed by atoms with van der Waals surface area (Å²) in [5.74, 6) is -0.441. The molecule has 0 saturated heterocycles. The summed E-state index contributed by atoms with van der Waals surface area (Å²) in [6.07, 6.45) is 1.17. The molecule has 0 aliphatic heterocycles. The zero-order valence-electron chi connectivity index (χ0n) is 7.65. The van der Waals surface area contributed by atoms with Crippen molar-refractivity contribution in [3.63, 3.8) is 0 Å². The van der Waals surface area contributed by atoms with E-state index in [2.05, 4.69) is 9.73 Å². The number of para-hydroxylation sites is 1. The van der Waals surface area contributed by atoms with Crippen molar-refractivity contribution in [2.75, 3.05) is 7.11 Å². The van der Waals surface area contributed by atoms with Crippen molar-refractivity contribution in [3.8, 4) is 0 Å². The third-order valence-corrected chi connectivity index (χ3v) is 1.63. The van der Waals surface area contributed by atoms with Crippen LogP contribution in [0.4, 0.5) is 5.69 Å². The number of ether oxygens (including phenoxy) is 1. The van der Waals surface area contributed by atoms with E-state index in [0.717, 1.165) is 11.3 Å². The summed E-state index contributed by atoms with van der Waals surface area (Å²) < 4.78 is 4.42. The van der Waals surface area contributed by atoms with Crippen LogP contribution in [0.5, 0.6) is 0 Å². The number of rotatable bonds is 2. The van der Waals surface area contributed by atoms with Crippen LogP contribution in [-0.2, 0) is 9.53 Å². The molecule has 0 amide bonds. The van der Waals surface area contributed by atoms with Gasteiger partial charge in [-0.1, -0.05) is 18.2 Å². The maximum absolute atomic E-state index is 10.7. The summed E-state index contributed by atoms with van der Waals surface area (Å²) in [7, 11) is 1.33. The average molecular weight is 177 g/mol. The second-order valence-electron chi connectivity index (χ2n) is 2.57. The van der Waals surface area contributed by atoms with Crippen LogP contribution in [0, 0.1) is 6.92 Å². The lowest BCUT2D eigenvalue weighted by Crippen LogP contribution is -2.00. The fraction of sp³-hybridized carbons (Fsp3) is 0.200. The Morgan fingerprint density at radius 3 is 2.77 bits per heavy atom. The molecule has 0 fully saturated rings. The lowest BCUT2D eigenvalue weighted by atomic mass is 10.2. The van der Waals surface area contributed by atoms with Crippen LogP contribution in [0.2, 0.25) is 0 Å². The summed E-state index contributed by atoms with van der Waals surface area (Å²) >= 11 is 0. The van der Waals surface area contributed by atoms with E-state index in [9.17, 15) is 4.79 Å². The molecule has 0 saturated carbocycles. The number of nitrogens with zero attached hydrogens (tertiary/aromatic N) is 1. The molecule has 0 aliphatic carbocycles. The van der Waals surface area contributed by atoms with Gasteiger partial charge in [0.15, 0.2) is 0 Å². The minimum atomic E-state index is -0.441. The second-order valence-corrected chi connectivity index (χ2v) is 2.57. The highest BCUT2D eigenvalue weighted by molar-refractivity contribution is 6.23. The number of carbonyl (C=O) groups excluding carboxylic acids is 1. The molecule has 1 aromatic rings. The van der Waals surface area contributed by atoms with Crippen molar-refractivity contribution in [1.82, 2.24) is 0 Å². The maximum atomic E-state index is 10.7. The monoisotopic (exact) mass is 177 g/mol. The highest BCUT2D eigenvalue weighted by Gasteiger charge is 1.95. The van der Waals surface area contributed by atoms with E-state index >= 15 is 0 Å². The van der Waals surface area contributed by atoms with Crippen LogP contribution in [0.15, 0.2) is 29.3 Å². The van der Waals surface area contributed by atoms with Crippen LogP contribution in [0.3, 0.4) is 0 Å². The summed E-state index contributed by atoms with van der Waals surface area (Å²) in [6.45, 7) is 1.93. The van der Waals surface area contributed by atoms with Crippen molar-refractivity contribution >= 4 is 17.9 Å². The van der Waals surface area contributed by atoms with E-state index in [0.29, 0.717) is 0 Å². The summed E-state index contributed by atoms with van der Waals surface area (Å²) in [4.78, 5) is 14.7.